The van der Waals surface area contributed by atoms with Gasteiger partial charge in [-0.2, -0.15) is 0 Å². The van der Waals surface area contributed by atoms with Crippen LogP contribution in [0.4, 0.5) is 0 Å². The molecule has 0 radical (unpaired) electrons. The van der Waals surface area contributed by atoms with Crippen molar-refractivity contribution in [2.24, 2.45) is 0 Å². The molecule has 3 rings (SSSR count). The van der Waals surface area contributed by atoms with Crippen LogP contribution >= 0.6 is 27.5 Å². The van der Waals surface area contributed by atoms with Gasteiger partial charge in [-0.1, -0.05) is 57.9 Å². The van der Waals surface area contributed by atoms with E-state index in [1.165, 1.54) is 10.9 Å². The molecule has 90 valence electrons. The Morgan fingerprint density at radius 1 is 1.00 bits per heavy atom. The van der Waals surface area contributed by atoms with E-state index in [9.17, 15) is 0 Å². The Kier molecular flexibility index (Phi) is 3.14. The highest BCUT2D eigenvalue weighted by Crippen LogP contribution is 2.26. The zero-order chi connectivity index (χ0) is 12.5. The lowest BCUT2D eigenvalue weighted by molar-refractivity contribution is 0.833. The van der Waals surface area contributed by atoms with Crippen LogP contribution < -0.4 is 0 Å². The number of halogens is 2. The molecule has 0 unspecified atom stereocenters. The van der Waals surface area contributed by atoms with Gasteiger partial charge < -0.3 is 4.57 Å². The van der Waals surface area contributed by atoms with E-state index in [0.717, 1.165) is 21.6 Å². The van der Waals surface area contributed by atoms with Crippen molar-refractivity contribution in [1.82, 2.24) is 4.57 Å². The topological polar surface area (TPSA) is 4.93 Å². The van der Waals surface area contributed by atoms with E-state index in [1.54, 1.807) is 0 Å². The van der Waals surface area contributed by atoms with Crippen LogP contribution in [-0.4, -0.2) is 4.57 Å². The van der Waals surface area contributed by atoms with Crippen molar-refractivity contribution < 1.29 is 0 Å². The zero-order valence-corrected chi connectivity index (χ0v) is 11.9. The SMILES string of the molecule is Clc1cccc2ccn(Cc3ccccc3Br)c12. The van der Waals surface area contributed by atoms with Crippen molar-refractivity contribution in [1.29, 1.82) is 0 Å². The van der Waals surface area contributed by atoms with Gasteiger partial charge in [0.05, 0.1) is 10.5 Å². The number of aromatic nitrogens is 1. The molecular weight excluding hydrogens is 310 g/mol. The third-order valence-electron chi connectivity index (χ3n) is 3.04. The zero-order valence-electron chi connectivity index (χ0n) is 9.61. The minimum absolute atomic E-state index is 0.796. The summed E-state index contributed by atoms with van der Waals surface area (Å²) in [6.07, 6.45) is 2.08. The van der Waals surface area contributed by atoms with Crippen molar-refractivity contribution in [3.63, 3.8) is 0 Å². The molecule has 0 saturated heterocycles. The van der Waals surface area contributed by atoms with Gasteiger partial charge in [-0.15, -0.1) is 0 Å². The van der Waals surface area contributed by atoms with Gasteiger partial charge >= 0.3 is 0 Å². The number of fused-ring (bicyclic) bond motifs is 1. The van der Waals surface area contributed by atoms with Crippen LogP contribution in [-0.2, 0) is 6.54 Å². The highest BCUT2D eigenvalue weighted by Gasteiger charge is 2.06. The number of benzene rings is 2. The van der Waals surface area contributed by atoms with Crippen LogP contribution in [0.3, 0.4) is 0 Å². The molecule has 0 spiro atoms. The van der Waals surface area contributed by atoms with E-state index < -0.39 is 0 Å². The number of hydrogen-bond acceptors (Lipinski definition) is 0. The molecule has 0 aliphatic heterocycles. The number of rotatable bonds is 2. The van der Waals surface area contributed by atoms with Gasteiger partial charge in [0.15, 0.2) is 0 Å². The van der Waals surface area contributed by atoms with Gasteiger partial charge in [-0.05, 0) is 23.8 Å². The van der Waals surface area contributed by atoms with Crippen molar-refractivity contribution in [2.45, 2.75) is 6.54 Å². The lowest BCUT2D eigenvalue weighted by Gasteiger charge is -2.08. The molecule has 3 aromatic rings. The summed E-state index contributed by atoms with van der Waals surface area (Å²) >= 11 is 9.86. The van der Waals surface area contributed by atoms with Crippen molar-refractivity contribution in [2.75, 3.05) is 0 Å². The molecule has 0 bridgehead atoms. The van der Waals surface area contributed by atoms with Crippen LogP contribution in [0, 0.1) is 0 Å². The first kappa shape index (κ1) is 11.8. The molecule has 1 heterocycles. The van der Waals surface area contributed by atoms with Crippen LogP contribution in [0.15, 0.2) is 59.2 Å². The molecular formula is C15H11BrClN. The predicted octanol–water partition coefficient (Wildman–Crippen LogP) is 5.11. The smallest absolute Gasteiger partial charge is 0.0672 e. The van der Waals surface area contributed by atoms with Gasteiger partial charge in [0.25, 0.3) is 0 Å². The summed E-state index contributed by atoms with van der Waals surface area (Å²) in [7, 11) is 0. The molecule has 18 heavy (non-hydrogen) atoms. The third kappa shape index (κ3) is 2.06. The van der Waals surface area contributed by atoms with Gasteiger partial charge in [-0.25, -0.2) is 0 Å². The van der Waals surface area contributed by atoms with Gasteiger partial charge in [0.1, 0.15) is 0 Å². The number of para-hydroxylation sites is 1. The maximum atomic E-state index is 6.28. The molecule has 0 fully saturated rings. The maximum absolute atomic E-state index is 6.28. The molecule has 3 heteroatoms. The molecule has 0 aliphatic rings. The van der Waals surface area contributed by atoms with E-state index in [4.69, 9.17) is 11.6 Å². The summed E-state index contributed by atoms with van der Waals surface area (Å²) < 4.78 is 3.30. The highest BCUT2D eigenvalue weighted by molar-refractivity contribution is 9.10. The second-order valence-corrected chi connectivity index (χ2v) is 5.47. The van der Waals surface area contributed by atoms with Crippen LogP contribution in [0.2, 0.25) is 5.02 Å². The second kappa shape index (κ2) is 4.79. The summed E-state index contributed by atoms with van der Waals surface area (Å²) in [6, 6.07) is 16.3. The van der Waals surface area contributed by atoms with Crippen LogP contribution in [0.1, 0.15) is 5.56 Å². The van der Waals surface area contributed by atoms with E-state index >= 15 is 0 Å². The predicted molar refractivity (Wildman–Crippen MR) is 80.2 cm³/mol. The second-order valence-electron chi connectivity index (χ2n) is 4.21. The minimum Gasteiger partial charge on any atom is -0.342 e. The fourth-order valence-electron chi connectivity index (χ4n) is 2.16. The average Bonchev–Trinajstić information content (AvgIpc) is 2.77. The van der Waals surface area contributed by atoms with Gasteiger partial charge in [-0.3, -0.25) is 0 Å². The normalized spacial score (nSPS) is 11.0. The minimum atomic E-state index is 0.796. The molecule has 2 aromatic carbocycles. The Hall–Kier alpha value is -1.25. The molecule has 0 aliphatic carbocycles. The van der Waals surface area contributed by atoms with E-state index in [-0.39, 0.29) is 0 Å². The summed E-state index contributed by atoms with van der Waals surface area (Å²) in [5.74, 6) is 0. The van der Waals surface area contributed by atoms with Crippen molar-refractivity contribution >= 4 is 38.4 Å². The third-order valence-corrected chi connectivity index (χ3v) is 4.12. The Balaban J connectivity index is 2.09. The first-order valence-electron chi connectivity index (χ1n) is 5.72. The standard InChI is InChI=1S/C15H11BrClN/c16-13-6-2-1-4-12(13)10-18-9-8-11-5-3-7-14(17)15(11)18/h1-9H,10H2. The Labute approximate surface area is 119 Å². The fourth-order valence-corrected chi connectivity index (χ4v) is 2.86. The molecule has 0 atom stereocenters. The number of nitrogens with zero attached hydrogens (tertiary/aromatic N) is 1. The first-order chi connectivity index (χ1) is 8.75. The van der Waals surface area contributed by atoms with Gasteiger partial charge in [0, 0.05) is 22.6 Å². The molecule has 0 amide bonds. The lowest BCUT2D eigenvalue weighted by atomic mass is 10.2. The maximum Gasteiger partial charge on any atom is 0.0672 e. The Morgan fingerprint density at radius 2 is 1.83 bits per heavy atom. The monoisotopic (exact) mass is 319 g/mol. The summed E-state index contributed by atoms with van der Waals surface area (Å²) in [4.78, 5) is 0. The molecule has 1 nitrogen and oxygen atoms in total. The Morgan fingerprint density at radius 3 is 2.67 bits per heavy atom. The fraction of sp³-hybridized carbons (Fsp3) is 0.0667. The van der Waals surface area contributed by atoms with Gasteiger partial charge in [0.2, 0.25) is 0 Å². The Bertz CT molecular complexity index is 703. The first-order valence-corrected chi connectivity index (χ1v) is 6.89. The molecule has 1 aromatic heterocycles. The summed E-state index contributed by atoms with van der Waals surface area (Å²) in [5.41, 5.74) is 2.34. The average molecular weight is 321 g/mol. The molecule has 0 saturated carbocycles. The van der Waals surface area contributed by atoms with Crippen LogP contribution in [0.25, 0.3) is 10.9 Å². The van der Waals surface area contributed by atoms with E-state index in [0.29, 0.717) is 0 Å². The van der Waals surface area contributed by atoms with E-state index in [2.05, 4.69) is 51.0 Å². The summed E-state index contributed by atoms with van der Waals surface area (Å²) in [5, 5.41) is 1.97. The van der Waals surface area contributed by atoms with Crippen molar-refractivity contribution in [3.05, 3.63) is 69.8 Å². The largest absolute Gasteiger partial charge is 0.342 e. The van der Waals surface area contributed by atoms with Crippen molar-refractivity contribution in [3.8, 4) is 0 Å². The summed E-state index contributed by atoms with van der Waals surface area (Å²) in [6.45, 7) is 0.814. The molecule has 0 N–H and O–H groups in total. The lowest BCUT2D eigenvalue weighted by Crippen LogP contribution is -1.98. The number of hydrogen-bond donors (Lipinski definition) is 0. The van der Waals surface area contributed by atoms with Crippen LogP contribution in [0.5, 0.6) is 0 Å². The quantitative estimate of drug-likeness (QED) is 0.618. The van der Waals surface area contributed by atoms with E-state index in [1.807, 2.05) is 24.3 Å². The highest BCUT2D eigenvalue weighted by atomic mass is 79.9.